The minimum Gasteiger partial charge on any atom is -0.303 e. The van der Waals surface area contributed by atoms with Crippen LogP contribution in [0.25, 0.3) is 0 Å². The SMILES string of the molecule is C=C[C@H]1C[C@@H](C(C)(C)C)CC[C@@H]1C=O. The smallest absolute Gasteiger partial charge is 0.123 e. The van der Waals surface area contributed by atoms with Crippen molar-refractivity contribution in [2.45, 2.75) is 40.0 Å². The van der Waals surface area contributed by atoms with E-state index in [1.807, 2.05) is 6.08 Å². The molecule has 1 fully saturated rings. The fourth-order valence-corrected chi connectivity index (χ4v) is 2.46. The van der Waals surface area contributed by atoms with Gasteiger partial charge in [-0.15, -0.1) is 6.58 Å². The number of hydrogen-bond donors (Lipinski definition) is 0. The van der Waals surface area contributed by atoms with Crippen molar-refractivity contribution in [3.8, 4) is 0 Å². The molecule has 0 aromatic rings. The molecule has 0 aromatic heterocycles. The standard InChI is InChI=1S/C13H22O/c1-5-10-8-12(13(2,3)4)7-6-11(10)9-14/h5,9-12H,1,6-8H2,2-4H3/t10-,11+,12-/m0/s1. The number of aldehydes is 1. The zero-order valence-electron chi connectivity index (χ0n) is 9.62. The van der Waals surface area contributed by atoms with Crippen LogP contribution in [-0.4, -0.2) is 6.29 Å². The van der Waals surface area contributed by atoms with E-state index >= 15 is 0 Å². The van der Waals surface area contributed by atoms with Crippen LogP contribution in [0.15, 0.2) is 12.7 Å². The molecule has 0 unspecified atom stereocenters. The van der Waals surface area contributed by atoms with E-state index in [9.17, 15) is 4.79 Å². The molecule has 1 aliphatic carbocycles. The van der Waals surface area contributed by atoms with Crippen molar-refractivity contribution in [2.24, 2.45) is 23.2 Å². The molecule has 0 spiro atoms. The van der Waals surface area contributed by atoms with Gasteiger partial charge in [0.05, 0.1) is 0 Å². The molecule has 0 saturated heterocycles. The van der Waals surface area contributed by atoms with Crippen LogP contribution in [0.4, 0.5) is 0 Å². The highest BCUT2D eigenvalue weighted by molar-refractivity contribution is 5.54. The van der Waals surface area contributed by atoms with Gasteiger partial charge in [0.1, 0.15) is 6.29 Å². The number of carbonyl (C=O) groups excluding carboxylic acids is 1. The summed E-state index contributed by atoms with van der Waals surface area (Å²) in [5.74, 6) is 1.37. The first-order chi connectivity index (χ1) is 6.49. The molecule has 3 atom stereocenters. The van der Waals surface area contributed by atoms with Gasteiger partial charge in [0.15, 0.2) is 0 Å². The van der Waals surface area contributed by atoms with E-state index in [2.05, 4.69) is 27.4 Å². The average Bonchev–Trinajstić information content (AvgIpc) is 2.15. The minimum atomic E-state index is 0.228. The van der Waals surface area contributed by atoms with Crippen molar-refractivity contribution in [1.29, 1.82) is 0 Å². The highest BCUT2D eigenvalue weighted by Crippen LogP contribution is 2.42. The largest absolute Gasteiger partial charge is 0.303 e. The van der Waals surface area contributed by atoms with Gasteiger partial charge in [0.25, 0.3) is 0 Å². The lowest BCUT2D eigenvalue weighted by Gasteiger charge is -2.39. The molecular formula is C13H22O. The molecule has 0 N–H and O–H groups in total. The Kier molecular flexibility index (Phi) is 3.52. The lowest BCUT2D eigenvalue weighted by atomic mass is 9.66. The maximum atomic E-state index is 10.8. The first kappa shape index (κ1) is 11.5. The van der Waals surface area contributed by atoms with E-state index in [4.69, 9.17) is 0 Å². The molecule has 1 rings (SSSR count). The van der Waals surface area contributed by atoms with Gasteiger partial charge < -0.3 is 4.79 Å². The molecule has 80 valence electrons. The topological polar surface area (TPSA) is 17.1 Å². The van der Waals surface area contributed by atoms with Crippen LogP contribution >= 0.6 is 0 Å². The summed E-state index contributed by atoms with van der Waals surface area (Å²) in [7, 11) is 0. The molecular weight excluding hydrogens is 172 g/mol. The first-order valence-electron chi connectivity index (χ1n) is 5.57. The Morgan fingerprint density at radius 3 is 2.29 bits per heavy atom. The molecule has 14 heavy (non-hydrogen) atoms. The second kappa shape index (κ2) is 4.29. The Balaban J connectivity index is 2.65. The molecule has 1 saturated carbocycles. The second-order valence-electron chi connectivity index (χ2n) is 5.58. The number of carbonyl (C=O) groups is 1. The summed E-state index contributed by atoms with van der Waals surface area (Å²) < 4.78 is 0. The summed E-state index contributed by atoms with van der Waals surface area (Å²) in [6.45, 7) is 10.7. The third-order valence-corrected chi connectivity index (χ3v) is 3.66. The fraction of sp³-hybridized carbons (Fsp3) is 0.769. The van der Waals surface area contributed by atoms with Gasteiger partial charge in [-0.25, -0.2) is 0 Å². The van der Waals surface area contributed by atoms with Gasteiger partial charge in [0, 0.05) is 5.92 Å². The molecule has 0 radical (unpaired) electrons. The van der Waals surface area contributed by atoms with Gasteiger partial charge in [-0.1, -0.05) is 26.8 Å². The first-order valence-corrected chi connectivity index (χ1v) is 5.57. The predicted molar refractivity (Wildman–Crippen MR) is 60.0 cm³/mol. The van der Waals surface area contributed by atoms with E-state index in [0.29, 0.717) is 11.3 Å². The minimum absolute atomic E-state index is 0.228. The third-order valence-electron chi connectivity index (χ3n) is 3.66. The number of hydrogen-bond acceptors (Lipinski definition) is 1. The maximum absolute atomic E-state index is 10.8. The van der Waals surface area contributed by atoms with Gasteiger partial charge in [-0.05, 0) is 36.5 Å². The number of allylic oxidation sites excluding steroid dienone is 1. The molecule has 0 aromatic carbocycles. The van der Waals surface area contributed by atoms with Crippen LogP contribution in [-0.2, 0) is 4.79 Å². The van der Waals surface area contributed by atoms with Crippen LogP contribution in [0, 0.1) is 23.2 Å². The van der Waals surface area contributed by atoms with E-state index in [-0.39, 0.29) is 5.92 Å². The van der Waals surface area contributed by atoms with Gasteiger partial charge in [0.2, 0.25) is 0 Å². The van der Waals surface area contributed by atoms with Gasteiger partial charge in [-0.3, -0.25) is 0 Å². The molecule has 1 aliphatic rings. The Morgan fingerprint density at radius 1 is 1.21 bits per heavy atom. The molecule has 1 nitrogen and oxygen atoms in total. The summed E-state index contributed by atoms with van der Waals surface area (Å²) in [6, 6.07) is 0. The second-order valence-corrected chi connectivity index (χ2v) is 5.58. The van der Waals surface area contributed by atoms with Crippen LogP contribution < -0.4 is 0 Å². The van der Waals surface area contributed by atoms with Crippen LogP contribution in [0.2, 0.25) is 0 Å². The summed E-state index contributed by atoms with van der Waals surface area (Å²) in [6.07, 6.45) is 6.46. The highest BCUT2D eigenvalue weighted by atomic mass is 16.1. The van der Waals surface area contributed by atoms with Crippen molar-refractivity contribution in [3.05, 3.63) is 12.7 Å². The van der Waals surface area contributed by atoms with Crippen molar-refractivity contribution in [2.75, 3.05) is 0 Å². The van der Waals surface area contributed by atoms with Crippen molar-refractivity contribution in [3.63, 3.8) is 0 Å². The average molecular weight is 194 g/mol. The van der Waals surface area contributed by atoms with E-state index in [1.165, 1.54) is 6.42 Å². The van der Waals surface area contributed by atoms with E-state index in [1.54, 1.807) is 0 Å². The summed E-state index contributed by atoms with van der Waals surface area (Å²) in [5.41, 5.74) is 0.370. The van der Waals surface area contributed by atoms with Crippen LogP contribution in [0.1, 0.15) is 40.0 Å². The van der Waals surface area contributed by atoms with Crippen LogP contribution in [0.5, 0.6) is 0 Å². The van der Waals surface area contributed by atoms with Crippen molar-refractivity contribution < 1.29 is 4.79 Å². The summed E-state index contributed by atoms with van der Waals surface area (Å²) in [4.78, 5) is 10.8. The Labute approximate surface area is 87.6 Å². The normalized spacial score (nSPS) is 33.8. The van der Waals surface area contributed by atoms with Crippen LogP contribution in [0.3, 0.4) is 0 Å². The Hall–Kier alpha value is -0.590. The molecule has 0 bridgehead atoms. The predicted octanol–water partition coefficient (Wildman–Crippen LogP) is 3.45. The Bertz CT molecular complexity index is 212. The molecule has 1 heteroatoms. The monoisotopic (exact) mass is 194 g/mol. The van der Waals surface area contributed by atoms with Crippen molar-refractivity contribution >= 4 is 6.29 Å². The highest BCUT2D eigenvalue weighted by Gasteiger charge is 2.34. The maximum Gasteiger partial charge on any atom is 0.123 e. The number of rotatable bonds is 2. The molecule has 0 heterocycles. The van der Waals surface area contributed by atoms with E-state index in [0.717, 1.165) is 25.0 Å². The lowest BCUT2D eigenvalue weighted by Crippen LogP contribution is -2.31. The lowest BCUT2D eigenvalue weighted by molar-refractivity contribution is -0.113. The zero-order chi connectivity index (χ0) is 10.8. The Morgan fingerprint density at radius 2 is 1.86 bits per heavy atom. The molecule has 0 aliphatic heterocycles. The molecule has 0 amide bonds. The van der Waals surface area contributed by atoms with Crippen molar-refractivity contribution in [1.82, 2.24) is 0 Å². The summed E-state index contributed by atoms with van der Waals surface area (Å²) >= 11 is 0. The third kappa shape index (κ3) is 2.46. The summed E-state index contributed by atoms with van der Waals surface area (Å²) in [5, 5.41) is 0. The van der Waals surface area contributed by atoms with E-state index < -0.39 is 0 Å². The zero-order valence-corrected chi connectivity index (χ0v) is 9.62. The van der Waals surface area contributed by atoms with Gasteiger partial charge >= 0.3 is 0 Å². The quantitative estimate of drug-likeness (QED) is 0.486. The van der Waals surface area contributed by atoms with Gasteiger partial charge in [-0.2, -0.15) is 0 Å². The fourth-order valence-electron chi connectivity index (χ4n) is 2.46.